The monoisotopic (exact) mass is 501 g/mol. The molecule has 0 heterocycles. The molecule has 0 aliphatic rings. The maximum atomic E-state index is 13.4. The lowest BCUT2D eigenvalue weighted by Crippen LogP contribution is -2.44. The molecule has 0 aromatic heterocycles. The minimum absolute atomic E-state index is 0.206. The minimum Gasteiger partial charge on any atom is -0.359 e. The van der Waals surface area contributed by atoms with Gasteiger partial charge < -0.3 is 10.6 Å². The fourth-order valence-electron chi connectivity index (χ4n) is 3.81. The molecule has 4 aromatic carbocycles. The highest BCUT2D eigenvalue weighted by Crippen LogP contribution is 2.30. The zero-order valence-corrected chi connectivity index (χ0v) is 20.7. The topological polar surface area (TPSA) is 70.2 Å². The maximum Gasteiger partial charge on any atom is 0.241 e. The predicted octanol–water partition coefficient (Wildman–Crippen LogP) is 5.11. The van der Waals surface area contributed by atoms with Crippen LogP contribution in [0.25, 0.3) is 0 Å². The van der Waals surface area contributed by atoms with E-state index in [1.165, 1.54) is 0 Å². The van der Waals surface area contributed by atoms with Crippen LogP contribution in [0, 0.1) is 0 Å². The van der Waals surface area contributed by atoms with E-state index >= 15 is 0 Å². The van der Waals surface area contributed by atoms with Crippen LogP contribution in [0.3, 0.4) is 0 Å². The average Bonchev–Trinajstić information content (AvgIpc) is 2.91. The quantitative estimate of drug-likeness (QED) is 0.278. The summed E-state index contributed by atoms with van der Waals surface area (Å²) < 4.78 is 29.6. The lowest BCUT2D eigenvalue weighted by Gasteiger charge is -2.31. The van der Waals surface area contributed by atoms with E-state index in [1.54, 1.807) is 30.3 Å². The molecule has 0 bridgehead atoms. The van der Waals surface area contributed by atoms with Gasteiger partial charge in [0.25, 0.3) is 0 Å². The molecule has 0 aliphatic heterocycles. The molecule has 0 saturated heterocycles. The van der Waals surface area contributed by atoms with E-state index in [2.05, 4.69) is 15.4 Å². The number of hydrogen-bond donors (Lipinski definition) is 3. The second-order valence-electron chi connectivity index (χ2n) is 8.02. The van der Waals surface area contributed by atoms with Gasteiger partial charge in [0.15, 0.2) is 5.11 Å². The first-order valence-corrected chi connectivity index (χ1v) is 13.2. The molecule has 5 nitrogen and oxygen atoms in total. The largest absolute Gasteiger partial charge is 0.359 e. The summed E-state index contributed by atoms with van der Waals surface area (Å²) in [7, 11) is -3.81. The van der Waals surface area contributed by atoms with Crippen molar-refractivity contribution in [2.75, 3.05) is 0 Å². The van der Waals surface area contributed by atoms with Crippen LogP contribution in [0.2, 0.25) is 0 Å². The van der Waals surface area contributed by atoms with E-state index < -0.39 is 22.1 Å². The first-order chi connectivity index (χ1) is 17.0. The van der Waals surface area contributed by atoms with Crippen molar-refractivity contribution in [1.82, 2.24) is 15.4 Å². The molecule has 2 atom stereocenters. The fraction of sp³-hybridized carbons (Fsp3) is 0.107. The molecule has 0 saturated carbocycles. The van der Waals surface area contributed by atoms with Crippen molar-refractivity contribution in [2.24, 2.45) is 0 Å². The standard InChI is InChI=1S/C28H27N3O2S2/c32-35(33,25-19-11-4-12-20-25)31-27(24-17-9-3-10-18-24)26(23-15-7-2-8-16-23)30-28(34)29-21-22-13-5-1-6-14-22/h1-20,26-27,31H,21H2,(H2,29,30,34)/t26-,27-/m1/s1. The highest BCUT2D eigenvalue weighted by molar-refractivity contribution is 7.89. The van der Waals surface area contributed by atoms with Crippen molar-refractivity contribution in [1.29, 1.82) is 0 Å². The van der Waals surface area contributed by atoms with Crippen LogP contribution in [0.5, 0.6) is 0 Å². The summed E-state index contributed by atoms with van der Waals surface area (Å²) in [5.74, 6) is 0. The molecule has 3 N–H and O–H groups in total. The Hall–Kier alpha value is -3.52. The number of thiocarbonyl (C=S) groups is 1. The molecule has 35 heavy (non-hydrogen) atoms. The molecule has 4 aromatic rings. The van der Waals surface area contributed by atoms with Crippen molar-refractivity contribution in [2.45, 2.75) is 23.5 Å². The smallest absolute Gasteiger partial charge is 0.241 e. The summed E-state index contributed by atoms with van der Waals surface area (Å²) in [6.07, 6.45) is 0. The molecule has 0 aliphatic carbocycles. The van der Waals surface area contributed by atoms with Gasteiger partial charge in [-0.15, -0.1) is 0 Å². The summed E-state index contributed by atoms with van der Waals surface area (Å²) in [6, 6.07) is 36.5. The summed E-state index contributed by atoms with van der Waals surface area (Å²) in [4.78, 5) is 0.206. The van der Waals surface area contributed by atoms with Gasteiger partial charge in [0.05, 0.1) is 17.0 Å². The van der Waals surface area contributed by atoms with Gasteiger partial charge in [-0.25, -0.2) is 13.1 Å². The maximum absolute atomic E-state index is 13.4. The molecule has 0 spiro atoms. The van der Waals surface area contributed by atoms with Crippen LogP contribution in [0.4, 0.5) is 0 Å². The Morgan fingerprint density at radius 1 is 0.657 bits per heavy atom. The van der Waals surface area contributed by atoms with Gasteiger partial charge in [-0.2, -0.15) is 0 Å². The third-order valence-electron chi connectivity index (χ3n) is 5.57. The Morgan fingerprint density at radius 2 is 1.11 bits per heavy atom. The van der Waals surface area contributed by atoms with Crippen LogP contribution in [0.15, 0.2) is 126 Å². The molecule has 178 valence electrons. The summed E-state index contributed by atoms with van der Waals surface area (Å²) in [6.45, 7) is 0.555. The molecule has 0 fully saturated rings. The van der Waals surface area contributed by atoms with Crippen LogP contribution in [-0.4, -0.2) is 13.5 Å². The van der Waals surface area contributed by atoms with Crippen LogP contribution in [0.1, 0.15) is 28.8 Å². The molecule has 4 rings (SSSR count). The Balaban J connectivity index is 1.66. The number of benzene rings is 4. The van der Waals surface area contributed by atoms with Gasteiger partial charge in [-0.3, -0.25) is 0 Å². The van der Waals surface area contributed by atoms with Gasteiger partial charge in [-0.1, -0.05) is 109 Å². The van der Waals surface area contributed by atoms with Crippen molar-refractivity contribution < 1.29 is 8.42 Å². The van der Waals surface area contributed by atoms with Gasteiger partial charge in [-0.05, 0) is 41.0 Å². The van der Waals surface area contributed by atoms with Gasteiger partial charge in [0.2, 0.25) is 10.0 Å². The molecule has 7 heteroatoms. The van der Waals surface area contributed by atoms with E-state index in [0.29, 0.717) is 11.7 Å². The van der Waals surface area contributed by atoms with Crippen molar-refractivity contribution in [3.8, 4) is 0 Å². The van der Waals surface area contributed by atoms with Gasteiger partial charge in [0, 0.05) is 6.54 Å². The van der Waals surface area contributed by atoms with Crippen LogP contribution >= 0.6 is 12.2 Å². The van der Waals surface area contributed by atoms with E-state index in [9.17, 15) is 8.42 Å². The zero-order valence-electron chi connectivity index (χ0n) is 19.0. The normalized spacial score (nSPS) is 12.9. The van der Waals surface area contributed by atoms with E-state index in [1.807, 2.05) is 91.0 Å². The van der Waals surface area contributed by atoms with Crippen LogP contribution < -0.4 is 15.4 Å². The van der Waals surface area contributed by atoms with Crippen molar-refractivity contribution in [3.63, 3.8) is 0 Å². The average molecular weight is 502 g/mol. The van der Waals surface area contributed by atoms with Crippen molar-refractivity contribution >= 4 is 27.4 Å². The summed E-state index contributed by atoms with van der Waals surface area (Å²) >= 11 is 5.63. The number of nitrogens with one attached hydrogen (secondary N) is 3. The van der Waals surface area contributed by atoms with Crippen molar-refractivity contribution in [3.05, 3.63) is 138 Å². The van der Waals surface area contributed by atoms with Gasteiger partial charge >= 0.3 is 0 Å². The van der Waals surface area contributed by atoms with E-state index in [4.69, 9.17) is 12.2 Å². The molecular weight excluding hydrogens is 474 g/mol. The summed E-state index contributed by atoms with van der Waals surface area (Å²) in [5, 5.41) is 7.05. The third kappa shape index (κ3) is 6.76. The van der Waals surface area contributed by atoms with Crippen LogP contribution in [-0.2, 0) is 16.6 Å². The van der Waals surface area contributed by atoms with E-state index in [0.717, 1.165) is 16.7 Å². The Morgan fingerprint density at radius 3 is 1.66 bits per heavy atom. The lowest BCUT2D eigenvalue weighted by molar-refractivity contribution is 0.472. The first-order valence-electron chi connectivity index (χ1n) is 11.3. The first kappa shape index (κ1) is 24.6. The Kier molecular flexibility index (Phi) is 8.26. The molecule has 0 amide bonds. The predicted molar refractivity (Wildman–Crippen MR) is 144 cm³/mol. The fourth-order valence-corrected chi connectivity index (χ4v) is 5.27. The molecular formula is C28H27N3O2S2. The highest BCUT2D eigenvalue weighted by Gasteiger charge is 2.30. The number of sulfonamides is 1. The minimum atomic E-state index is -3.81. The highest BCUT2D eigenvalue weighted by atomic mass is 32.2. The Bertz CT molecular complexity index is 1320. The second-order valence-corrected chi connectivity index (χ2v) is 10.1. The SMILES string of the molecule is O=S(=O)(N[C@H](c1ccccc1)[C@H](NC(=S)NCc1ccccc1)c1ccccc1)c1ccccc1. The summed E-state index contributed by atoms with van der Waals surface area (Å²) in [5.41, 5.74) is 2.82. The Labute approximate surface area is 212 Å². The second kappa shape index (κ2) is 11.8. The third-order valence-corrected chi connectivity index (χ3v) is 7.29. The van der Waals surface area contributed by atoms with E-state index in [-0.39, 0.29) is 4.90 Å². The zero-order chi connectivity index (χ0) is 24.5. The lowest BCUT2D eigenvalue weighted by atomic mass is 9.94. The van der Waals surface area contributed by atoms with Gasteiger partial charge in [0.1, 0.15) is 0 Å². The number of hydrogen-bond acceptors (Lipinski definition) is 3. The molecule has 0 radical (unpaired) electrons. The number of rotatable bonds is 9. The molecule has 0 unspecified atom stereocenters.